The largest absolute Gasteiger partial charge is 0.449 e. The van der Waals surface area contributed by atoms with Gasteiger partial charge in [-0.3, -0.25) is 15.2 Å². The molecule has 0 saturated carbocycles. The smallest absolute Gasteiger partial charge is 0.446 e. The predicted molar refractivity (Wildman–Crippen MR) is 120 cm³/mol. The molecule has 1 aromatic carbocycles. The van der Waals surface area contributed by atoms with Crippen molar-refractivity contribution in [2.75, 3.05) is 30.0 Å². The minimum absolute atomic E-state index is 0.112. The molecule has 6 nitrogen and oxygen atoms in total. The van der Waals surface area contributed by atoms with Crippen LogP contribution in [0.5, 0.6) is 0 Å². The van der Waals surface area contributed by atoms with Crippen LogP contribution in [0.4, 0.5) is 29.3 Å². The van der Waals surface area contributed by atoms with Gasteiger partial charge >= 0.3 is 11.6 Å². The van der Waals surface area contributed by atoms with Crippen molar-refractivity contribution in [1.29, 1.82) is 0 Å². The van der Waals surface area contributed by atoms with E-state index < -0.39 is 11.6 Å². The Morgan fingerprint density at radius 1 is 1.28 bits per heavy atom. The maximum Gasteiger partial charge on any atom is 0.446 e. The molecule has 1 N–H and O–H groups in total. The van der Waals surface area contributed by atoms with Gasteiger partial charge in [-0.15, -0.1) is 0 Å². The number of carbonyl (C=O) groups is 1. The van der Waals surface area contributed by atoms with E-state index in [-0.39, 0.29) is 22.7 Å². The molecule has 0 bridgehead atoms. The number of hydrogen-bond donors (Lipinski definition) is 1. The Hall–Kier alpha value is -2.46. The molecule has 3 rings (SSSR count). The zero-order valence-corrected chi connectivity index (χ0v) is 18.9. The summed E-state index contributed by atoms with van der Waals surface area (Å²) in [6, 6.07) is 8.51. The number of thioether (sulfide) groups is 1. The molecule has 1 fully saturated rings. The molecule has 0 aliphatic carbocycles. The van der Waals surface area contributed by atoms with Crippen molar-refractivity contribution in [2.24, 2.45) is 0 Å². The molecule has 0 spiro atoms. The molecule has 1 saturated heterocycles. The SMILES string of the molecule is CCCCOC(=O)Nc1cnccc1CN1CN(c2ccc(SC(F)(F)F)cc2)CC1C. The molecule has 2 aromatic rings. The second-order valence-corrected chi connectivity index (χ2v) is 8.79. The number of unbranched alkanes of at least 4 members (excludes halogenated alkanes) is 1. The first-order valence-electron chi connectivity index (χ1n) is 10.5. The number of benzene rings is 1. The van der Waals surface area contributed by atoms with Gasteiger partial charge in [-0.1, -0.05) is 13.3 Å². The van der Waals surface area contributed by atoms with Crippen molar-refractivity contribution >= 4 is 29.2 Å². The number of aromatic nitrogens is 1. The van der Waals surface area contributed by atoms with Crippen LogP contribution in [-0.4, -0.2) is 47.3 Å². The number of anilines is 2. The van der Waals surface area contributed by atoms with Crippen LogP contribution in [0.2, 0.25) is 0 Å². The highest BCUT2D eigenvalue weighted by atomic mass is 32.2. The number of nitrogens with zero attached hydrogens (tertiary/aromatic N) is 3. The van der Waals surface area contributed by atoms with Crippen molar-refractivity contribution in [3.63, 3.8) is 0 Å². The molecule has 1 aliphatic heterocycles. The average Bonchev–Trinajstić information content (AvgIpc) is 3.09. The van der Waals surface area contributed by atoms with E-state index in [1.807, 2.05) is 13.0 Å². The Bertz CT molecular complexity index is 895. The monoisotopic (exact) mass is 468 g/mol. The van der Waals surface area contributed by atoms with Crippen LogP contribution in [0.15, 0.2) is 47.6 Å². The lowest BCUT2D eigenvalue weighted by Crippen LogP contribution is -2.29. The third-order valence-electron chi connectivity index (χ3n) is 5.15. The number of alkyl halides is 3. The molecule has 1 amide bonds. The number of rotatable bonds is 8. The fourth-order valence-electron chi connectivity index (χ4n) is 3.45. The van der Waals surface area contributed by atoms with Crippen LogP contribution in [0.3, 0.4) is 0 Å². The molecule has 174 valence electrons. The van der Waals surface area contributed by atoms with Gasteiger partial charge in [0, 0.05) is 35.9 Å². The van der Waals surface area contributed by atoms with Crippen molar-refractivity contribution in [3.8, 4) is 0 Å². The molecule has 2 heterocycles. The maximum atomic E-state index is 12.5. The zero-order valence-electron chi connectivity index (χ0n) is 18.1. The first-order valence-corrected chi connectivity index (χ1v) is 11.3. The summed E-state index contributed by atoms with van der Waals surface area (Å²) < 4.78 is 42.8. The van der Waals surface area contributed by atoms with Gasteiger partial charge in [-0.25, -0.2) is 4.79 Å². The zero-order chi connectivity index (χ0) is 23.1. The Balaban J connectivity index is 1.61. The Labute approximate surface area is 190 Å². The highest BCUT2D eigenvalue weighted by Crippen LogP contribution is 2.37. The summed E-state index contributed by atoms with van der Waals surface area (Å²) >= 11 is -0.112. The van der Waals surface area contributed by atoms with Crippen molar-refractivity contribution < 1.29 is 22.7 Å². The molecule has 0 radical (unpaired) electrons. The quantitative estimate of drug-likeness (QED) is 0.396. The third-order valence-corrected chi connectivity index (χ3v) is 5.89. The van der Waals surface area contributed by atoms with Crippen LogP contribution in [-0.2, 0) is 11.3 Å². The lowest BCUT2D eigenvalue weighted by Gasteiger charge is -2.22. The number of amides is 1. The van der Waals surface area contributed by atoms with E-state index in [2.05, 4.69) is 27.0 Å². The van der Waals surface area contributed by atoms with E-state index in [1.165, 1.54) is 12.1 Å². The highest BCUT2D eigenvalue weighted by molar-refractivity contribution is 8.00. The number of ether oxygens (including phenoxy) is 1. The predicted octanol–water partition coefficient (Wildman–Crippen LogP) is 5.71. The Morgan fingerprint density at radius 3 is 2.72 bits per heavy atom. The minimum atomic E-state index is -4.29. The molecular weight excluding hydrogens is 441 g/mol. The number of pyridine rings is 1. The lowest BCUT2D eigenvalue weighted by molar-refractivity contribution is -0.0328. The molecule has 1 aliphatic rings. The van der Waals surface area contributed by atoms with Crippen LogP contribution < -0.4 is 10.2 Å². The fourth-order valence-corrected chi connectivity index (χ4v) is 3.99. The van der Waals surface area contributed by atoms with Gasteiger partial charge in [-0.05, 0) is 61.0 Å². The topological polar surface area (TPSA) is 57.7 Å². The van der Waals surface area contributed by atoms with Crippen molar-refractivity contribution in [1.82, 2.24) is 9.88 Å². The summed E-state index contributed by atoms with van der Waals surface area (Å²) in [5.41, 5.74) is -1.90. The second-order valence-electron chi connectivity index (χ2n) is 7.65. The molecule has 32 heavy (non-hydrogen) atoms. The van der Waals surface area contributed by atoms with E-state index in [9.17, 15) is 18.0 Å². The Kier molecular flexibility index (Phi) is 8.25. The first kappa shape index (κ1) is 24.2. The van der Waals surface area contributed by atoms with Gasteiger partial charge in [0.1, 0.15) is 0 Å². The normalized spacial score (nSPS) is 16.9. The number of carbonyl (C=O) groups excluding carboxylic acids is 1. The molecular formula is C22H27F3N4O2S. The summed E-state index contributed by atoms with van der Waals surface area (Å²) in [7, 11) is 0. The Morgan fingerprint density at radius 2 is 2.03 bits per heavy atom. The number of hydrogen-bond acceptors (Lipinski definition) is 6. The number of halogens is 3. The highest BCUT2D eigenvalue weighted by Gasteiger charge is 2.30. The lowest BCUT2D eigenvalue weighted by atomic mass is 10.2. The van der Waals surface area contributed by atoms with E-state index >= 15 is 0 Å². The standard InChI is InChI=1S/C22H27F3N4O2S/c1-3-4-11-31-21(30)27-20-12-26-10-9-17(20)14-28-15-29(13-16(28)2)18-5-7-19(8-6-18)32-22(23,24)25/h5-10,12,16H,3-4,11,13-15H2,1-2H3,(H,27,30). The summed E-state index contributed by atoms with van der Waals surface area (Å²) in [6.07, 6.45) is 4.54. The van der Waals surface area contributed by atoms with Crippen LogP contribution >= 0.6 is 11.8 Å². The van der Waals surface area contributed by atoms with Gasteiger partial charge in [0.2, 0.25) is 0 Å². The van der Waals surface area contributed by atoms with E-state index in [0.29, 0.717) is 25.5 Å². The van der Waals surface area contributed by atoms with Crippen LogP contribution in [0.25, 0.3) is 0 Å². The van der Waals surface area contributed by atoms with Gasteiger partial charge in [0.25, 0.3) is 0 Å². The maximum absolute atomic E-state index is 12.5. The first-order chi connectivity index (χ1) is 15.2. The molecule has 1 aromatic heterocycles. The summed E-state index contributed by atoms with van der Waals surface area (Å²) in [5.74, 6) is 0. The average molecular weight is 469 g/mol. The second kappa shape index (κ2) is 10.9. The summed E-state index contributed by atoms with van der Waals surface area (Å²) in [5, 5.41) is 2.77. The van der Waals surface area contributed by atoms with Gasteiger partial charge in [-0.2, -0.15) is 13.2 Å². The summed E-state index contributed by atoms with van der Waals surface area (Å²) in [4.78, 5) is 20.7. The van der Waals surface area contributed by atoms with E-state index in [0.717, 1.165) is 30.6 Å². The molecule has 1 atom stereocenters. The molecule has 1 unspecified atom stereocenters. The minimum Gasteiger partial charge on any atom is -0.449 e. The number of nitrogens with one attached hydrogen (secondary N) is 1. The van der Waals surface area contributed by atoms with Crippen molar-refractivity contribution in [2.45, 2.75) is 49.7 Å². The summed E-state index contributed by atoms with van der Waals surface area (Å²) in [6.45, 7) is 6.45. The van der Waals surface area contributed by atoms with Gasteiger partial charge in [0.15, 0.2) is 0 Å². The van der Waals surface area contributed by atoms with Crippen molar-refractivity contribution in [3.05, 3.63) is 48.3 Å². The van der Waals surface area contributed by atoms with Crippen LogP contribution in [0.1, 0.15) is 32.3 Å². The van der Waals surface area contributed by atoms with Gasteiger partial charge in [0.05, 0.1) is 25.2 Å². The van der Waals surface area contributed by atoms with E-state index in [4.69, 9.17) is 4.74 Å². The van der Waals surface area contributed by atoms with Crippen LogP contribution in [0, 0.1) is 0 Å². The van der Waals surface area contributed by atoms with Gasteiger partial charge < -0.3 is 9.64 Å². The fraction of sp³-hybridized carbons (Fsp3) is 0.455. The molecule has 10 heteroatoms. The third kappa shape index (κ3) is 7.03. The van der Waals surface area contributed by atoms with E-state index in [1.54, 1.807) is 24.5 Å².